The number of phenolic OH excluding ortho intramolecular Hbond substituents is 1. The topological polar surface area (TPSA) is 70.3 Å². The Morgan fingerprint density at radius 2 is 2.00 bits per heavy atom. The van der Waals surface area contributed by atoms with Gasteiger partial charge in [0.05, 0.1) is 7.11 Å². The fourth-order valence-corrected chi connectivity index (χ4v) is 2.33. The molecule has 116 valence electrons. The van der Waals surface area contributed by atoms with Crippen LogP contribution in [0.1, 0.15) is 15.9 Å². The van der Waals surface area contributed by atoms with E-state index in [1.807, 2.05) is 6.07 Å². The van der Waals surface area contributed by atoms with Crippen LogP contribution in [0.15, 0.2) is 46.4 Å². The number of allylic oxidation sites excluding steroid dienone is 1. The largest absolute Gasteiger partial charge is 0.504 e. The van der Waals surface area contributed by atoms with Crippen molar-refractivity contribution >= 4 is 27.8 Å². The Morgan fingerprint density at radius 3 is 2.57 bits per heavy atom. The smallest absolute Gasteiger partial charge is 0.203 e. The van der Waals surface area contributed by atoms with Crippen LogP contribution in [0.2, 0.25) is 0 Å². The fourth-order valence-electron chi connectivity index (χ4n) is 1.89. The van der Waals surface area contributed by atoms with Gasteiger partial charge < -0.3 is 9.84 Å². The number of Topliss-reactive ketones (excluding diaryl/α,β-unsaturated/α-hetero) is 1. The van der Waals surface area contributed by atoms with Gasteiger partial charge in [0.15, 0.2) is 11.5 Å². The van der Waals surface area contributed by atoms with Crippen molar-refractivity contribution < 1.29 is 19.0 Å². The number of ether oxygens (including phenoxy) is 1. The Bertz CT molecular complexity index is 823. The van der Waals surface area contributed by atoms with Crippen LogP contribution in [-0.2, 0) is 0 Å². The summed E-state index contributed by atoms with van der Waals surface area (Å²) in [5, 5.41) is 19.0. The minimum Gasteiger partial charge on any atom is -0.504 e. The van der Waals surface area contributed by atoms with Gasteiger partial charge in [-0.15, -0.1) is 0 Å². The van der Waals surface area contributed by atoms with Gasteiger partial charge in [0.1, 0.15) is 17.5 Å². The zero-order valence-corrected chi connectivity index (χ0v) is 13.6. The van der Waals surface area contributed by atoms with Gasteiger partial charge >= 0.3 is 0 Å². The predicted molar refractivity (Wildman–Crippen MR) is 86.7 cm³/mol. The van der Waals surface area contributed by atoms with E-state index in [0.717, 1.165) is 12.1 Å². The lowest BCUT2D eigenvalue weighted by Crippen LogP contribution is -2.02. The lowest BCUT2D eigenvalue weighted by atomic mass is 10.0. The third-order valence-corrected chi connectivity index (χ3v) is 3.76. The molecule has 23 heavy (non-hydrogen) atoms. The van der Waals surface area contributed by atoms with Gasteiger partial charge in [-0.1, -0.05) is 15.9 Å². The number of hydrogen-bond acceptors (Lipinski definition) is 4. The Hall–Kier alpha value is -2.65. The predicted octanol–water partition coefficient (Wildman–Crippen LogP) is 4.09. The third kappa shape index (κ3) is 3.76. The number of methoxy groups -OCH3 is 1. The molecule has 0 spiro atoms. The number of nitrogens with zero attached hydrogens (tertiary/aromatic N) is 1. The molecular formula is C17H11BrFNO3. The van der Waals surface area contributed by atoms with E-state index in [2.05, 4.69) is 15.9 Å². The van der Waals surface area contributed by atoms with E-state index in [-0.39, 0.29) is 22.6 Å². The highest BCUT2D eigenvalue weighted by atomic mass is 79.9. The highest BCUT2D eigenvalue weighted by Gasteiger charge is 2.14. The summed E-state index contributed by atoms with van der Waals surface area (Å²) in [7, 11) is 1.41. The van der Waals surface area contributed by atoms with Crippen LogP contribution in [0, 0.1) is 17.1 Å². The first kappa shape index (κ1) is 16.7. The van der Waals surface area contributed by atoms with Gasteiger partial charge in [0.25, 0.3) is 0 Å². The van der Waals surface area contributed by atoms with Gasteiger partial charge in [0, 0.05) is 10.0 Å². The highest BCUT2D eigenvalue weighted by molar-refractivity contribution is 9.10. The first-order valence-corrected chi connectivity index (χ1v) is 7.24. The maximum Gasteiger partial charge on any atom is 0.203 e. The Kier molecular flexibility index (Phi) is 5.14. The van der Waals surface area contributed by atoms with Crippen LogP contribution in [-0.4, -0.2) is 18.0 Å². The van der Waals surface area contributed by atoms with E-state index in [1.54, 1.807) is 0 Å². The summed E-state index contributed by atoms with van der Waals surface area (Å²) in [5.74, 6) is -0.854. The van der Waals surface area contributed by atoms with Crippen LogP contribution in [0.25, 0.3) is 6.08 Å². The first-order chi connectivity index (χ1) is 11.0. The quantitative estimate of drug-likeness (QED) is 0.496. The number of aromatic hydroxyl groups is 1. The number of nitriles is 1. The second-order valence-electron chi connectivity index (χ2n) is 4.55. The minimum absolute atomic E-state index is 0.117. The molecule has 0 aliphatic heterocycles. The van der Waals surface area contributed by atoms with E-state index >= 15 is 0 Å². The van der Waals surface area contributed by atoms with Crippen LogP contribution in [0.4, 0.5) is 4.39 Å². The monoisotopic (exact) mass is 375 g/mol. The molecular weight excluding hydrogens is 365 g/mol. The summed E-state index contributed by atoms with van der Waals surface area (Å²) < 4.78 is 18.4. The van der Waals surface area contributed by atoms with Crippen LogP contribution < -0.4 is 4.74 Å². The number of carbonyl (C=O) groups is 1. The molecule has 0 bridgehead atoms. The summed E-state index contributed by atoms with van der Waals surface area (Å²) in [5.41, 5.74) is 0.505. The second kappa shape index (κ2) is 7.07. The second-order valence-corrected chi connectivity index (χ2v) is 5.41. The van der Waals surface area contributed by atoms with E-state index in [0.29, 0.717) is 10.0 Å². The molecule has 0 aromatic heterocycles. The fraction of sp³-hybridized carbons (Fsp3) is 0.0588. The molecule has 0 amide bonds. The first-order valence-electron chi connectivity index (χ1n) is 6.45. The van der Waals surface area contributed by atoms with Crippen molar-refractivity contribution in [1.29, 1.82) is 5.26 Å². The van der Waals surface area contributed by atoms with E-state index in [1.165, 1.54) is 37.5 Å². The molecule has 2 aromatic carbocycles. The number of rotatable bonds is 4. The third-order valence-electron chi connectivity index (χ3n) is 3.07. The zero-order chi connectivity index (χ0) is 17.0. The molecule has 0 aliphatic rings. The summed E-state index contributed by atoms with van der Waals surface area (Å²) in [6.45, 7) is 0. The summed E-state index contributed by atoms with van der Waals surface area (Å²) in [6, 6.07) is 9.64. The van der Waals surface area contributed by atoms with Gasteiger partial charge in [-0.3, -0.25) is 4.79 Å². The normalized spacial score (nSPS) is 11.0. The summed E-state index contributed by atoms with van der Waals surface area (Å²) in [4.78, 5) is 12.3. The maximum absolute atomic E-state index is 12.9. The summed E-state index contributed by atoms with van der Waals surface area (Å²) >= 11 is 3.29. The number of phenols is 1. The minimum atomic E-state index is -0.533. The number of ketones is 1. The van der Waals surface area contributed by atoms with Crippen molar-refractivity contribution in [2.75, 3.05) is 7.11 Å². The van der Waals surface area contributed by atoms with E-state index in [4.69, 9.17) is 4.74 Å². The lowest BCUT2D eigenvalue weighted by molar-refractivity contribution is 0.104. The van der Waals surface area contributed by atoms with Gasteiger partial charge in [0.2, 0.25) is 5.78 Å². The van der Waals surface area contributed by atoms with Crippen molar-refractivity contribution in [3.63, 3.8) is 0 Å². The Balaban J connectivity index is 2.43. The average molecular weight is 376 g/mol. The number of benzene rings is 2. The van der Waals surface area contributed by atoms with Crippen LogP contribution in [0.5, 0.6) is 11.5 Å². The summed E-state index contributed by atoms with van der Waals surface area (Å²) in [6.07, 6.45) is 1.34. The standard InChI is InChI=1S/C17H11BrFNO3/c1-23-16-8-14(18)11(7-15(16)21)6-12(9-20)17(22)10-2-4-13(19)5-3-10/h2-8,21H,1H3/b12-6+. The molecule has 0 saturated carbocycles. The van der Waals surface area contributed by atoms with E-state index in [9.17, 15) is 19.6 Å². The van der Waals surface area contributed by atoms with Crippen molar-refractivity contribution in [2.24, 2.45) is 0 Å². The lowest BCUT2D eigenvalue weighted by Gasteiger charge is -2.07. The molecule has 2 rings (SSSR count). The van der Waals surface area contributed by atoms with Crippen molar-refractivity contribution in [3.8, 4) is 17.6 Å². The SMILES string of the molecule is COc1cc(Br)c(/C=C(\C#N)C(=O)c2ccc(F)cc2)cc1O. The molecule has 0 heterocycles. The highest BCUT2D eigenvalue weighted by Crippen LogP contribution is 2.33. The molecule has 0 aliphatic carbocycles. The Morgan fingerprint density at radius 1 is 1.35 bits per heavy atom. The average Bonchev–Trinajstić information content (AvgIpc) is 2.55. The van der Waals surface area contributed by atoms with Crippen molar-refractivity contribution in [2.45, 2.75) is 0 Å². The number of halogens is 2. The molecule has 0 saturated heterocycles. The molecule has 0 fully saturated rings. The van der Waals surface area contributed by atoms with Crippen molar-refractivity contribution in [3.05, 3.63) is 63.4 Å². The van der Waals surface area contributed by atoms with Gasteiger partial charge in [-0.2, -0.15) is 5.26 Å². The van der Waals surface area contributed by atoms with Gasteiger partial charge in [-0.05, 0) is 48.0 Å². The van der Waals surface area contributed by atoms with Gasteiger partial charge in [-0.25, -0.2) is 4.39 Å². The molecule has 0 radical (unpaired) electrons. The Labute approximate surface area is 140 Å². The number of carbonyl (C=O) groups excluding carboxylic acids is 1. The van der Waals surface area contributed by atoms with Crippen LogP contribution >= 0.6 is 15.9 Å². The number of hydrogen-bond donors (Lipinski definition) is 1. The molecule has 6 heteroatoms. The molecule has 0 unspecified atom stereocenters. The molecule has 0 atom stereocenters. The molecule has 1 N–H and O–H groups in total. The molecule has 2 aromatic rings. The molecule has 4 nitrogen and oxygen atoms in total. The van der Waals surface area contributed by atoms with Crippen LogP contribution in [0.3, 0.4) is 0 Å². The van der Waals surface area contributed by atoms with Crippen molar-refractivity contribution in [1.82, 2.24) is 0 Å². The van der Waals surface area contributed by atoms with E-state index < -0.39 is 11.6 Å². The zero-order valence-electron chi connectivity index (χ0n) is 12.0. The maximum atomic E-state index is 12.9.